The van der Waals surface area contributed by atoms with E-state index in [0.717, 1.165) is 11.4 Å². The zero-order valence-electron chi connectivity index (χ0n) is 11.0. The van der Waals surface area contributed by atoms with Crippen molar-refractivity contribution in [3.05, 3.63) is 16.6 Å². The number of hydrogen-bond acceptors (Lipinski definition) is 5. The normalized spacial score (nSPS) is 24.3. The average Bonchev–Trinajstić information content (AvgIpc) is 2.83. The molecule has 0 saturated carbocycles. The second kappa shape index (κ2) is 4.51. The van der Waals surface area contributed by atoms with Gasteiger partial charge in [-0.3, -0.25) is 0 Å². The Morgan fingerprint density at radius 2 is 2.33 bits per heavy atom. The highest BCUT2D eigenvalue weighted by molar-refractivity contribution is 7.09. The van der Waals surface area contributed by atoms with Gasteiger partial charge in [0.05, 0.1) is 5.54 Å². The minimum atomic E-state index is -0.523. The van der Waals surface area contributed by atoms with Crippen LogP contribution in [0.2, 0.25) is 0 Å². The van der Waals surface area contributed by atoms with Crippen molar-refractivity contribution in [1.29, 1.82) is 0 Å². The molecule has 100 valence electrons. The van der Waals surface area contributed by atoms with E-state index in [1.807, 2.05) is 26.2 Å². The highest BCUT2D eigenvalue weighted by Gasteiger charge is 2.41. The molecule has 0 spiro atoms. The van der Waals surface area contributed by atoms with Crippen LogP contribution in [0.3, 0.4) is 0 Å². The predicted octanol–water partition coefficient (Wildman–Crippen LogP) is 1.94. The fourth-order valence-corrected chi connectivity index (χ4v) is 2.73. The fraction of sp³-hybridized carbons (Fsp3) is 0.667. The molecule has 2 rings (SSSR count). The van der Waals surface area contributed by atoms with Crippen molar-refractivity contribution >= 4 is 17.4 Å². The van der Waals surface area contributed by atoms with Crippen molar-refractivity contribution in [1.82, 2.24) is 9.88 Å². The van der Waals surface area contributed by atoms with E-state index in [9.17, 15) is 4.79 Å². The van der Waals surface area contributed by atoms with Gasteiger partial charge in [0.1, 0.15) is 10.6 Å². The third-order valence-corrected chi connectivity index (χ3v) is 3.80. The van der Waals surface area contributed by atoms with Crippen molar-refractivity contribution in [2.75, 3.05) is 13.1 Å². The number of carbonyl (C=O) groups excluding carboxylic acids is 1. The number of likely N-dealkylation sites (tertiary alicyclic amines) is 1. The Hall–Kier alpha value is -1.14. The molecule has 1 aromatic heterocycles. The molecule has 1 fully saturated rings. The lowest BCUT2D eigenvalue weighted by Crippen LogP contribution is -2.42. The second-order valence-electron chi connectivity index (χ2n) is 5.65. The first kappa shape index (κ1) is 13.3. The number of rotatable bonds is 1. The summed E-state index contributed by atoms with van der Waals surface area (Å²) >= 11 is 1.53. The Labute approximate surface area is 111 Å². The molecular formula is C12H19N3O2S. The molecule has 5 nitrogen and oxygen atoms in total. The Balaban J connectivity index is 2.02. The van der Waals surface area contributed by atoms with E-state index in [1.165, 1.54) is 11.3 Å². The second-order valence-corrected chi connectivity index (χ2v) is 6.54. The molecule has 1 unspecified atom stereocenters. The van der Waals surface area contributed by atoms with Crippen molar-refractivity contribution < 1.29 is 9.53 Å². The molecule has 0 aliphatic carbocycles. The standard InChI is InChI=1S/C12H19N3O2S/c1-11(2,3)17-10(16)15-6-4-12(13,8-15)9-14-5-7-18-9/h5,7H,4,6,8,13H2,1-3H3. The molecule has 18 heavy (non-hydrogen) atoms. The number of hydrogen-bond donors (Lipinski definition) is 1. The number of carbonyl (C=O) groups is 1. The quantitative estimate of drug-likeness (QED) is 0.846. The van der Waals surface area contributed by atoms with Gasteiger partial charge in [0.25, 0.3) is 0 Å². The van der Waals surface area contributed by atoms with Crippen LogP contribution in [-0.2, 0) is 10.3 Å². The van der Waals surface area contributed by atoms with Crippen LogP contribution in [0, 0.1) is 0 Å². The van der Waals surface area contributed by atoms with Crippen LogP contribution in [0.4, 0.5) is 4.79 Å². The average molecular weight is 269 g/mol. The maximum atomic E-state index is 11.9. The van der Waals surface area contributed by atoms with Gasteiger partial charge in [-0.1, -0.05) is 0 Å². The fourth-order valence-electron chi connectivity index (χ4n) is 1.96. The van der Waals surface area contributed by atoms with Crippen molar-refractivity contribution in [2.24, 2.45) is 5.73 Å². The monoisotopic (exact) mass is 269 g/mol. The molecule has 1 atom stereocenters. The summed E-state index contributed by atoms with van der Waals surface area (Å²) in [6.07, 6.45) is 2.16. The van der Waals surface area contributed by atoms with Crippen LogP contribution < -0.4 is 5.73 Å². The third-order valence-electron chi connectivity index (χ3n) is 2.81. The Kier molecular flexibility index (Phi) is 3.33. The molecular weight excluding hydrogens is 250 g/mol. The molecule has 0 aromatic carbocycles. The summed E-state index contributed by atoms with van der Waals surface area (Å²) in [6.45, 7) is 6.66. The van der Waals surface area contributed by atoms with Gasteiger partial charge in [0, 0.05) is 24.7 Å². The minimum Gasteiger partial charge on any atom is -0.444 e. The largest absolute Gasteiger partial charge is 0.444 e. The van der Waals surface area contributed by atoms with E-state index in [4.69, 9.17) is 10.5 Å². The molecule has 1 aromatic rings. The smallest absolute Gasteiger partial charge is 0.410 e. The number of thiazole rings is 1. The number of amides is 1. The summed E-state index contributed by atoms with van der Waals surface area (Å²) < 4.78 is 5.35. The van der Waals surface area contributed by atoms with E-state index in [-0.39, 0.29) is 6.09 Å². The molecule has 0 bridgehead atoms. The first-order chi connectivity index (χ1) is 8.30. The molecule has 1 amide bonds. The maximum Gasteiger partial charge on any atom is 0.410 e. The van der Waals surface area contributed by atoms with Gasteiger partial charge < -0.3 is 15.4 Å². The van der Waals surface area contributed by atoms with Crippen LogP contribution in [-0.4, -0.2) is 34.7 Å². The summed E-state index contributed by atoms with van der Waals surface area (Å²) in [6, 6.07) is 0. The zero-order valence-corrected chi connectivity index (χ0v) is 11.8. The zero-order chi connectivity index (χ0) is 13.4. The summed E-state index contributed by atoms with van der Waals surface area (Å²) in [5.41, 5.74) is 5.32. The van der Waals surface area contributed by atoms with Crippen molar-refractivity contribution in [3.8, 4) is 0 Å². The van der Waals surface area contributed by atoms with E-state index >= 15 is 0 Å². The van der Waals surface area contributed by atoms with Gasteiger partial charge in [0.2, 0.25) is 0 Å². The minimum absolute atomic E-state index is 0.300. The van der Waals surface area contributed by atoms with E-state index < -0.39 is 11.1 Å². The van der Waals surface area contributed by atoms with Gasteiger partial charge in [-0.25, -0.2) is 9.78 Å². The van der Waals surface area contributed by atoms with Crippen LogP contribution >= 0.6 is 11.3 Å². The van der Waals surface area contributed by atoms with Gasteiger partial charge >= 0.3 is 6.09 Å². The van der Waals surface area contributed by atoms with Crippen LogP contribution in [0.25, 0.3) is 0 Å². The summed E-state index contributed by atoms with van der Waals surface area (Å²) in [7, 11) is 0. The lowest BCUT2D eigenvalue weighted by atomic mass is 10.0. The van der Waals surface area contributed by atoms with Gasteiger partial charge in [-0.15, -0.1) is 11.3 Å². The van der Waals surface area contributed by atoms with Crippen LogP contribution in [0.15, 0.2) is 11.6 Å². The molecule has 1 aliphatic rings. The van der Waals surface area contributed by atoms with Crippen LogP contribution in [0.5, 0.6) is 0 Å². The van der Waals surface area contributed by atoms with Gasteiger partial charge in [-0.2, -0.15) is 0 Å². The highest BCUT2D eigenvalue weighted by Crippen LogP contribution is 2.31. The molecule has 6 heteroatoms. The van der Waals surface area contributed by atoms with Gasteiger partial charge in [-0.05, 0) is 27.2 Å². The molecule has 2 N–H and O–H groups in total. The molecule has 1 saturated heterocycles. The number of ether oxygens (including phenoxy) is 1. The number of aromatic nitrogens is 1. The molecule has 1 aliphatic heterocycles. The predicted molar refractivity (Wildman–Crippen MR) is 70.4 cm³/mol. The van der Waals surface area contributed by atoms with E-state index in [1.54, 1.807) is 11.1 Å². The van der Waals surface area contributed by atoms with Crippen LogP contribution in [0.1, 0.15) is 32.2 Å². The molecule has 2 heterocycles. The summed E-state index contributed by atoms with van der Waals surface area (Å²) in [4.78, 5) is 17.9. The molecule has 0 radical (unpaired) electrons. The summed E-state index contributed by atoms with van der Waals surface area (Å²) in [5.74, 6) is 0. The third kappa shape index (κ3) is 2.81. The van der Waals surface area contributed by atoms with E-state index in [2.05, 4.69) is 4.98 Å². The summed E-state index contributed by atoms with van der Waals surface area (Å²) in [5, 5.41) is 2.79. The lowest BCUT2D eigenvalue weighted by Gasteiger charge is -2.26. The van der Waals surface area contributed by atoms with Crippen molar-refractivity contribution in [2.45, 2.75) is 38.3 Å². The van der Waals surface area contributed by atoms with Crippen molar-refractivity contribution in [3.63, 3.8) is 0 Å². The van der Waals surface area contributed by atoms with E-state index in [0.29, 0.717) is 13.1 Å². The highest BCUT2D eigenvalue weighted by atomic mass is 32.1. The first-order valence-corrected chi connectivity index (χ1v) is 6.85. The van der Waals surface area contributed by atoms with Gasteiger partial charge in [0.15, 0.2) is 0 Å². The SMILES string of the molecule is CC(C)(C)OC(=O)N1CCC(N)(c2nccs2)C1. The lowest BCUT2D eigenvalue weighted by molar-refractivity contribution is 0.0284. The number of nitrogens with two attached hydrogens (primary N) is 1. The Morgan fingerprint density at radius 3 is 2.89 bits per heavy atom. The Bertz CT molecular complexity index is 427. The first-order valence-electron chi connectivity index (χ1n) is 5.97. The topological polar surface area (TPSA) is 68.5 Å². The Morgan fingerprint density at radius 1 is 1.61 bits per heavy atom. The maximum absolute atomic E-state index is 11.9. The number of nitrogens with zero attached hydrogens (tertiary/aromatic N) is 2.